The maximum atomic E-state index is 13.8. The van der Waals surface area contributed by atoms with Crippen LogP contribution in [0, 0.1) is 11.6 Å². The highest BCUT2D eigenvalue weighted by molar-refractivity contribution is 6.42. The highest BCUT2D eigenvalue weighted by Gasteiger charge is 2.32. The molecule has 0 aromatic heterocycles. The molecule has 0 heterocycles. The van der Waals surface area contributed by atoms with Crippen molar-refractivity contribution in [3.63, 3.8) is 0 Å². The molecule has 0 saturated carbocycles. The van der Waals surface area contributed by atoms with Crippen LogP contribution in [0.4, 0.5) is 8.78 Å². The van der Waals surface area contributed by atoms with Crippen LogP contribution in [0.2, 0.25) is 10.0 Å². The van der Waals surface area contributed by atoms with Gasteiger partial charge in [0.15, 0.2) is 11.6 Å². The van der Waals surface area contributed by atoms with Crippen molar-refractivity contribution in [1.82, 2.24) is 0 Å². The number of benzene rings is 2. The molecule has 5 heteroatoms. The van der Waals surface area contributed by atoms with Crippen molar-refractivity contribution in [3.05, 3.63) is 69.2 Å². The molecule has 0 aliphatic rings. The first-order valence-electron chi connectivity index (χ1n) is 5.47. The fraction of sp³-hybridized carbons (Fsp3) is 0.143. The Kier molecular flexibility index (Phi) is 3.81. The average Bonchev–Trinajstić information content (AvgIpc) is 2.35. The van der Waals surface area contributed by atoms with E-state index in [1.165, 1.54) is 25.1 Å². The molecule has 0 amide bonds. The Bertz CT molecular complexity index is 573. The summed E-state index contributed by atoms with van der Waals surface area (Å²) in [4.78, 5) is 0. The normalized spacial score (nSPS) is 14.2. The molecule has 0 saturated heterocycles. The molecule has 19 heavy (non-hydrogen) atoms. The van der Waals surface area contributed by atoms with Crippen LogP contribution in [0.1, 0.15) is 18.1 Å². The first-order chi connectivity index (χ1) is 8.85. The van der Waals surface area contributed by atoms with Crippen molar-refractivity contribution in [1.29, 1.82) is 0 Å². The molecule has 0 fully saturated rings. The summed E-state index contributed by atoms with van der Waals surface area (Å²) < 4.78 is 27.1. The van der Waals surface area contributed by atoms with Crippen LogP contribution in [-0.2, 0) is 5.60 Å². The minimum Gasteiger partial charge on any atom is -0.381 e. The highest BCUT2D eigenvalue weighted by Crippen LogP contribution is 2.38. The molecule has 0 bridgehead atoms. The summed E-state index contributed by atoms with van der Waals surface area (Å²) in [5, 5.41) is 10.9. The van der Waals surface area contributed by atoms with E-state index in [2.05, 4.69) is 0 Å². The third kappa shape index (κ3) is 2.46. The Morgan fingerprint density at radius 2 is 1.58 bits per heavy atom. The number of hydrogen-bond donors (Lipinski definition) is 1. The Hall–Kier alpha value is -1.16. The van der Waals surface area contributed by atoms with Crippen LogP contribution in [0.3, 0.4) is 0 Å². The van der Waals surface area contributed by atoms with E-state index in [0.717, 1.165) is 6.07 Å². The molecule has 1 nitrogen and oxygen atoms in total. The molecule has 1 atom stereocenters. The predicted molar refractivity (Wildman–Crippen MR) is 71.5 cm³/mol. The van der Waals surface area contributed by atoms with Crippen molar-refractivity contribution in [2.75, 3.05) is 0 Å². The van der Waals surface area contributed by atoms with Crippen molar-refractivity contribution >= 4 is 23.2 Å². The lowest BCUT2D eigenvalue weighted by molar-refractivity contribution is 0.0971. The lowest BCUT2D eigenvalue weighted by atomic mass is 9.87. The standard InChI is InChI=1S/C14H10Cl2F2O/c1-14(19,8-4-2-6-10(15)12(8)16)9-5-3-7-11(17)13(9)18/h2-7,19H,1H3. The minimum absolute atomic E-state index is 0.109. The second-order valence-corrected chi connectivity index (χ2v) is 5.06. The van der Waals surface area contributed by atoms with Crippen LogP contribution in [0.5, 0.6) is 0 Å². The molecule has 2 rings (SSSR count). The van der Waals surface area contributed by atoms with Crippen molar-refractivity contribution in [3.8, 4) is 0 Å². The van der Waals surface area contributed by atoms with Gasteiger partial charge in [-0.05, 0) is 19.1 Å². The SMILES string of the molecule is CC(O)(c1cccc(F)c1F)c1cccc(Cl)c1Cl. The van der Waals surface area contributed by atoms with Gasteiger partial charge in [0.1, 0.15) is 5.60 Å². The zero-order chi connectivity index (χ0) is 14.2. The monoisotopic (exact) mass is 302 g/mol. The van der Waals surface area contributed by atoms with Gasteiger partial charge in [-0.25, -0.2) is 8.78 Å². The molecule has 0 aliphatic carbocycles. The van der Waals surface area contributed by atoms with Gasteiger partial charge >= 0.3 is 0 Å². The zero-order valence-corrected chi connectivity index (χ0v) is 11.4. The van der Waals surface area contributed by atoms with E-state index in [4.69, 9.17) is 23.2 Å². The van der Waals surface area contributed by atoms with Crippen molar-refractivity contribution < 1.29 is 13.9 Å². The Morgan fingerprint density at radius 3 is 2.26 bits per heavy atom. The van der Waals surface area contributed by atoms with Gasteiger partial charge in [0, 0.05) is 11.1 Å². The topological polar surface area (TPSA) is 20.2 Å². The molecule has 0 radical (unpaired) electrons. The summed E-state index contributed by atoms with van der Waals surface area (Å²) in [6.45, 7) is 1.34. The van der Waals surface area contributed by atoms with E-state index in [9.17, 15) is 13.9 Å². The molecule has 2 aromatic rings. The van der Waals surface area contributed by atoms with Gasteiger partial charge in [-0.15, -0.1) is 0 Å². The van der Waals surface area contributed by atoms with Gasteiger partial charge in [-0.1, -0.05) is 47.5 Å². The quantitative estimate of drug-likeness (QED) is 0.864. The fourth-order valence-corrected chi connectivity index (χ4v) is 2.39. The Balaban J connectivity index is 2.65. The molecule has 0 aliphatic heterocycles. The molecular weight excluding hydrogens is 293 g/mol. The summed E-state index contributed by atoms with van der Waals surface area (Å²) in [5.41, 5.74) is -1.77. The third-order valence-electron chi connectivity index (χ3n) is 2.95. The highest BCUT2D eigenvalue weighted by atomic mass is 35.5. The molecular formula is C14H10Cl2F2O. The summed E-state index contributed by atoms with van der Waals surface area (Å²) >= 11 is 11.9. The number of halogens is 4. The Labute approximate surface area is 119 Å². The number of rotatable bonds is 2. The van der Waals surface area contributed by atoms with E-state index >= 15 is 0 Å². The second kappa shape index (κ2) is 5.08. The number of aliphatic hydroxyl groups is 1. The summed E-state index contributed by atoms with van der Waals surface area (Å²) in [6.07, 6.45) is 0. The molecule has 1 unspecified atom stereocenters. The van der Waals surface area contributed by atoms with Gasteiger partial charge in [-0.3, -0.25) is 0 Å². The average molecular weight is 303 g/mol. The predicted octanol–water partition coefficient (Wildman–Crippen LogP) is 4.53. The van der Waals surface area contributed by atoms with Gasteiger partial charge in [0.25, 0.3) is 0 Å². The van der Waals surface area contributed by atoms with Gasteiger partial charge < -0.3 is 5.11 Å². The maximum absolute atomic E-state index is 13.8. The van der Waals surface area contributed by atoms with Crippen LogP contribution < -0.4 is 0 Å². The largest absolute Gasteiger partial charge is 0.381 e. The van der Waals surface area contributed by atoms with Crippen LogP contribution in [0.15, 0.2) is 36.4 Å². The van der Waals surface area contributed by atoms with Crippen LogP contribution in [-0.4, -0.2) is 5.11 Å². The lowest BCUT2D eigenvalue weighted by Crippen LogP contribution is -2.25. The molecule has 0 spiro atoms. The fourth-order valence-electron chi connectivity index (χ4n) is 1.90. The van der Waals surface area contributed by atoms with Crippen molar-refractivity contribution in [2.45, 2.75) is 12.5 Å². The van der Waals surface area contributed by atoms with E-state index < -0.39 is 17.2 Å². The van der Waals surface area contributed by atoms with Crippen LogP contribution in [0.25, 0.3) is 0 Å². The minimum atomic E-state index is -1.78. The summed E-state index contributed by atoms with van der Waals surface area (Å²) in [6, 6.07) is 8.24. The van der Waals surface area contributed by atoms with Gasteiger partial charge in [-0.2, -0.15) is 0 Å². The van der Waals surface area contributed by atoms with E-state index in [-0.39, 0.29) is 21.2 Å². The smallest absolute Gasteiger partial charge is 0.165 e. The maximum Gasteiger partial charge on any atom is 0.165 e. The molecule has 100 valence electrons. The third-order valence-corrected chi connectivity index (χ3v) is 3.77. The summed E-state index contributed by atoms with van der Waals surface area (Å²) in [5.74, 6) is -2.14. The van der Waals surface area contributed by atoms with Gasteiger partial charge in [0.05, 0.1) is 10.0 Å². The van der Waals surface area contributed by atoms with Crippen molar-refractivity contribution in [2.24, 2.45) is 0 Å². The lowest BCUT2D eigenvalue weighted by Gasteiger charge is -2.26. The number of hydrogen-bond acceptors (Lipinski definition) is 1. The molecule has 2 aromatic carbocycles. The molecule has 1 N–H and O–H groups in total. The van der Waals surface area contributed by atoms with Crippen LogP contribution >= 0.6 is 23.2 Å². The first kappa shape index (κ1) is 14.3. The first-order valence-corrected chi connectivity index (χ1v) is 6.22. The second-order valence-electron chi connectivity index (χ2n) is 4.27. The van der Waals surface area contributed by atoms with Gasteiger partial charge in [0.2, 0.25) is 0 Å². The zero-order valence-electron chi connectivity index (χ0n) is 9.92. The van der Waals surface area contributed by atoms with E-state index in [1.54, 1.807) is 12.1 Å². The van der Waals surface area contributed by atoms with E-state index in [1.807, 2.05) is 0 Å². The summed E-state index contributed by atoms with van der Waals surface area (Å²) in [7, 11) is 0. The Morgan fingerprint density at radius 1 is 1.00 bits per heavy atom. The van der Waals surface area contributed by atoms with E-state index in [0.29, 0.717) is 0 Å².